The molecule has 182 valence electrons. The van der Waals surface area contributed by atoms with Gasteiger partial charge in [-0.25, -0.2) is 0 Å². The minimum atomic E-state index is -0.640. The van der Waals surface area contributed by atoms with Crippen LogP contribution in [0, 0.1) is 13.8 Å². The first-order valence-corrected chi connectivity index (χ1v) is 11.5. The van der Waals surface area contributed by atoms with Crippen LogP contribution >= 0.6 is 23.2 Å². The van der Waals surface area contributed by atoms with Crippen molar-refractivity contribution >= 4 is 52.4 Å². The molecule has 9 heteroatoms. The van der Waals surface area contributed by atoms with Gasteiger partial charge in [0.25, 0.3) is 5.91 Å². The smallest absolute Gasteiger partial charge is 0.306 e. The molecule has 3 aromatic rings. The molecular weight excluding hydrogens is 491 g/mol. The first kappa shape index (κ1) is 26.1. The average Bonchev–Trinajstić information content (AvgIpc) is 2.82. The monoisotopic (exact) mass is 514 g/mol. The molecule has 0 bridgehead atoms. The first-order valence-electron chi connectivity index (χ1n) is 10.7. The van der Waals surface area contributed by atoms with E-state index < -0.39 is 18.5 Å². The molecule has 35 heavy (non-hydrogen) atoms. The molecule has 0 aliphatic carbocycles. The van der Waals surface area contributed by atoms with E-state index >= 15 is 0 Å². The molecule has 7 nitrogen and oxygen atoms in total. The first-order chi connectivity index (χ1) is 16.7. The highest BCUT2D eigenvalue weighted by Gasteiger charge is 2.12. The van der Waals surface area contributed by atoms with Gasteiger partial charge in [-0.3, -0.25) is 14.4 Å². The van der Waals surface area contributed by atoms with Gasteiger partial charge in [-0.2, -0.15) is 0 Å². The third kappa shape index (κ3) is 8.31. The summed E-state index contributed by atoms with van der Waals surface area (Å²) in [6.45, 7) is 3.49. The Bertz CT molecular complexity index is 1230. The van der Waals surface area contributed by atoms with Gasteiger partial charge in [0.1, 0.15) is 11.5 Å². The predicted octanol–water partition coefficient (Wildman–Crippen LogP) is 6.30. The number of rotatable bonds is 9. The van der Waals surface area contributed by atoms with E-state index in [0.29, 0.717) is 32.9 Å². The highest BCUT2D eigenvalue weighted by atomic mass is 35.5. The summed E-state index contributed by atoms with van der Waals surface area (Å²) >= 11 is 12.0. The van der Waals surface area contributed by atoms with Gasteiger partial charge in [-0.15, -0.1) is 0 Å². The number of hydrogen-bond acceptors (Lipinski definition) is 5. The Morgan fingerprint density at radius 3 is 2.14 bits per heavy atom. The zero-order valence-electron chi connectivity index (χ0n) is 19.2. The van der Waals surface area contributed by atoms with E-state index in [9.17, 15) is 14.4 Å². The quantitative estimate of drug-likeness (QED) is 0.326. The summed E-state index contributed by atoms with van der Waals surface area (Å²) in [4.78, 5) is 36.0. The van der Waals surface area contributed by atoms with Crippen LogP contribution in [0.3, 0.4) is 0 Å². The zero-order chi connectivity index (χ0) is 25.4. The largest absolute Gasteiger partial charge is 0.456 e. The zero-order valence-corrected chi connectivity index (χ0v) is 20.7. The third-order valence-corrected chi connectivity index (χ3v) is 5.50. The van der Waals surface area contributed by atoms with Gasteiger partial charge in [0.2, 0.25) is 5.91 Å². The number of hydrogen-bond donors (Lipinski definition) is 2. The molecule has 2 amide bonds. The number of halogens is 2. The molecule has 0 unspecified atom stereocenters. The molecular formula is C26H24Cl2N2O5. The van der Waals surface area contributed by atoms with Crippen LogP contribution in [-0.4, -0.2) is 24.4 Å². The number of aryl methyl sites for hydroxylation is 2. The van der Waals surface area contributed by atoms with Gasteiger partial charge >= 0.3 is 5.97 Å². The van der Waals surface area contributed by atoms with Crippen molar-refractivity contribution in [3.63, 3.8) is 0 Å². The van der Waals surface area contributed by atoms with Crippen LogP contribution < -0.4 is 15.4 Å². The van der Waals surface area contributed by atoms with Crippen LogP contribution in [0.1, 0.15) is 24.0 Å². The van der Waals surface area contributed by atoms with Gasteiger partial charge in [-0.05, 0) is 79.6 Å². The van der Waals surface area contributed by atoms with E-state index in [1.165, 1.54) is 0 Å². The van der Waals surface area contributed by atoms with Crippen LogP contribution in [0.4, 0.5) is 11.4 Å². The number of carbonyl (C=O) groups excluding carboxylic acids is 3. The van der Waals surface area contributed by atoms with E-state index in [1.54, 1.807) is 48.5 Å². The van der Waals surface area contributed by atoms with Crippen molar-refractivity contribution in [2.45, 2.75) is 26.7 Å². The lowest BCUT2D eigenvalue weighted by Gasteiger charge is -2.10. The SMILES string of the molecule is Cc1ccc(NC(=O)COC(=O)CCC(=O)Nc2ccc(Oc3ccc(Cl)cc3Cl)cc2)cc1C. The fraction of sp³-hybridized carbons (Fsp3) is 0.192. The maximum atomic E-state index is 12.1. The Kier molecular flexibility index (Phi) is 9.11. The minimum Gasteiger partial charge on any atom is -0.456 e. The highest BCUT2D eigenvalue weighted by molar-refractivity contribution is 6.35. The molecule has 0 atom stereocenters. The summed E-state index contributed by atoms with van der Waals surface area (Å²) in [5, 5.41) is 6.24. The molecule has 0 saturated carbocycles. The van der Waals surface area contributed by atoms with Crippen LogP contribution in [0.2, 0.25) is 10.0 Å². The van der Waals surface area contributed by atoms with Crippen molar-refractivity contribution < 1.29 is 23.9 Å². The van der Waals surface area contributed by atoms with Crippen molar-refractivity contribution in [3.05, 3.63) is 81.8 Å². The molecule has 3 aromatic carbocycles. The molecule has 2 N–H and O–H groups in total. The summed E-state index contributed by atoms with van der Waals surface area (Å²) in [5.74, 6) is -0.480. The number of nitrogens with one attached hydrogen (secondary N) is 2. The van der Waals surface area contributed by atoms with Gasteiger partial charge in [0.05, 0.1) is 11.4 Å². The second-order valence-electron chi connectivity index (χ2n) is 7.76. The molecule has 0 aliphatic heterocycles. The number of amides is 2. The van der Waals surface area contributed by atoms with E-state index in [4.69, 9.17) is 32.7 Å². The van der Waals surface area contributed by atoms with Crippen molar-refractivity contribution in [1.29, 1.82) is 0 Å². The molecule has 0 saturated heterocycles. The topological polar surface area (TPSA) is 93.7 Å². The van der Waals surface area contributed by atoms with E-state index in [-0.39, 0.29) is 18.7 Å². The molecule has 0 radical (unpaired) electrons. The molecule has 0 fully saturated rings. The molecule has 0 aliphatic rings. The van der Waals surface area contributed by atoms with Crippen LogP contribution in [0.25, 0.3) is 0 Å². The number of esters is 1. The van der Waals surface area contributed by atoms with Crippen LogP contribution in [0.15, 0.2) is 60.7 Å². The minimum absolute atomic E-state index is 0.0871. The van der Waals surface area contributed by atoms with Gasteiger partial charge in [0.15, 0.2) is 6.61 Å². The second-order valence-corrected chi connectivity index (χ2v) is 8.60. The van der Waals surface area contributed by atoms with E-state index in [1.807, 2.05) is 26.0 Å². The maximum absolute atomic E-state index is 12.1. The summed E-state index contributed by atoms with van der Waals surface area (Å²) in [6.07, 6.45) is -0.241. The van der Waals surface area contributed by atoms with E-state index in [2.05, 4.69) is 10.6 Å². The lowest BCUT2D eigenvalue weighted by molar-refractivity contribution is -0.147. The fourth-order valence-corrected chi connectivity index (χ4v) is 3.41. The Hall–Kier alpha value is -3.55. The van der Waals surface area contributed by atoms with Crippen molar-refractivity contribution in [3.8, 4) is 11.5 Å². The molecule has 0 spiro atoms. The number of benzene rings is 3. The maximum Gasteiger partial charge on any atom is 0.306 e. The van der Waals surface area contributed by atoms with Crippen LogP contribution in [-0.2, 0) is 19.1 Å². The average molecular weight is 515 g/mol. The molecule has 0 aromatic heterocycles. The standard InChI is InChI=1S/C26H24Cl2N2O5/c1-16-3-5-20(13-17(16)2)30-25(32)15-34-26(33)12-11-24(31)29-19-6-8-21(9-7-19)35-23-10-4-18(27)14-22(23)28/h3-10,13-14H,11-12,15H2,1-2H3,(H,29,31)(H,30,32). The highest BCUT2D eigenvalue weighted by Crippen LogP contribution is 2.32. The van der Waals surface area contributed by atoms with Crippen molar-refractivity contribution in [1.82, 2.24) is 0 Å². The van der Waals surface area contributed by atoms with Crippen molar-refractivity contribution in [2.24, 2.45) is 0 Å². The summed E-state index contributed by atoms with van der Waals surface area (Å²) < 4.78 is 10.7. The van der Waals surface area contributed by atoms with Gasteiger partial charge in [-0.1, -0.05) is 29.3 Å². The van der Waals surface area contributed by atoms with E-state index in [0.717, 1.165) is 11.1 Å². The third-order valence-electron chi connectivity index (χ3n) is 4.97. The predicted molar refractivity (Wildman–Crippen MR) is 136 cm³/mol. The Morgan fingerprint density at radius 1 is 0.771 bits per heavy atom. The molecule has 0 heterocycles. The van der Waals surface area contributed by atoms with Gasteiger partial charge in [0, 0.05) is 22.8 Å². The fourth-order valence-electron chi connectivity index (χ4n) is 2.96. The summed E-state index contributed by atoms with van der Waals surface area (Å²) in [6, 6.07) is 17.1. The number of carbonyl (C=O) groups is 3. The summed E-state index contributed by atoms with van der Waals surface area (Å²) in [7, 11) is 0. The van der Waals surface area contributed by atoms with Gasteiger partial charge < -0.3 is 20.1 Å². The lowest BCUT2D eigenvalue weighted by Crippen LogP contribution is -2.21. The van der Waals surface area contributed by atoms with Crippen LogP contribution in [0.5, 0.6) is 11.5 Å². The molecule has 3 rings (SSSR count). The second kappa shape index (κ2) is 12.2. The normalized spacial score (nSPS) is 10.4. The summed E-state index contributed by atoms with van der Waals surface area (Å²) in [5.41, 5.74) is 3.31. The number of anilines is 2. The number of ether oxygens (including phenoxy) is 2. The van der Waals surface area contributed by atoms with Crippen molar-refractivity contribution in [2.75, 3.05) is 17.2 Å². The lowest BCUT2D eigenvalue weighted by atomic mass is 10.1. The Labute approximate surface area is 213 Å². The Morgan fingerprint density at radius 2 is 1.46 bits per heavy atom. The Balaban J connectivity index is 1.38.